The fourth-order valence-electron chi connectivity index (χ4n) is 2.42. The van der Waals surface area contributed by atoms with Crippen molar-refractivity contribution in [3.63, 3.8) is 0 Å². The molecule has 0 atom stereocenters. The number of nitrogens with zero attached hydrogens (tertiary/aromatic N) is 1. The van der Waals surface area contributed by atoms with Crippen LogP contribution in [0.2, 0.25) is 0 Å². The summed E-state index contributed by atoms with van der Waals surface area (Å²) in [5.74, 6) is -0.0490. The van der Waals surface area contributed by atoms with E-state index in [4.69, 9.17) is 0 Å². The molecule has 3 nitrogen and oxygen atoms in total. The van der Waals surface area contributed by atoms with Gasteiger partial charge in [-0.25, -0.2) is 4.59 Å². The second-order valence-electron chi connectivity index (χ2n) is 6.81. The van der Waals surface area contributed by atoms with Crippen molar-refractivity contribution < 1.29 is 9.39 Å². The summed E-state index contributed by atoms with van der Waals surface area (Å²) in [6, 6.07) is 0. The molecular formula is C18H37N2O+. The fourth-order valence-corrected chi connectivity index (χ4v) is 2.42. The molecule has 0 bridgehead atoms. The van der Waals surface area contributed by atoms with Gasteiger partial charge >= 0.3 is 0 Å². The molecule has 0 aromatic heterocycles. The first-order valence-corrected chi connectivity index (χ1v) is 8.70. The molecule has 21 heavy (non-hydrogen) atoms. The maximum Gasteiger partial charge on any atom is 0.290 e. The number of hydrogen-bond acceptors (Lipinski definition) is 1. The molecule has 0 aliphatic rings. The van der Waals surface area contributed by atoms with Crippen molar-refractivity contribution in [1.29, 1.82) is 0 Å². The normalized spacial score (nSPS) is 11.4. The lowest BCUT2D eigenvalue weighted by molar-refractivity contribution is -0.925. The Balaban J connectivity index is 3.49. The molecule has 0 aliphatic carbocycles. The second-order valence-corrected chi connectivity index (χ2v) is 6.81. The Bertz CT molecular complexity index is 298. The predicted molar refractivity (Wildman–Crippen MR) is 91.8 cm³/mol. The number of carbonyl (C=O) groups is 1. The molecule has 0 fully saturated rings. The Hall–Kier alpha value is -0.830. The summed E-state index contributed by atoms with van der Waals surface area (Å²) in [7, 11) is 4.07. The maximum atomic E-state index is 11.6. The molecule has 0 aromatic carbocycles. The number of unbranched alkanes of at least 4 members (excludes halogenated alkanes) is 9. The Morgan fingerprint density at radius 3 is 1.76 bits per heavy atom. The van der Waals surface area contributed by atoms with E-state index in [1.165, 1.54) is 64.2 Å². The highest BCUT2D eigenvalue weighted by molar-refractivity contribution is 5.91. The van der Waals surface area contributed by atoms with E-state index in [0.29, 0.717) is 10.2 Å². The largest absolute Gasteiger partial charge is 0.290 e. The highest BCUT2D eigenvalue weighted by Gasteiger charge is 2.18. The van der Waals surface area contributed by atoms with Crippen LogP contribution < -0.4 is 5.43 Å². The number of rotatable bonds is 13. The van der Waals surface area contributed by atoms with Crippen LogP contribution in [0.5, 0.6) is 0 Å². The Morgan fingerprint density at radius 2 is 1.33 bits per heavy atom. The first kappa shape index (κ1) is 20.2. The highest BCUT2D eigenvalue weighted by atomic mass is 16.2. The van der Waals surface area contributed by atoms with Crippen molar-refractivity contribution in [3.8, 4) is 0 Å². The molecule has 0 aliphatic heterocycles. The average molecular weight is 298 g/mol. The van der Waals surface area contributed by atoms with Crippen molar-refractivity contribution in [2.24, 2.45) is 0 Å². The lowest BCUT2D eigenvalue weighted by Crippen LogP contribution is -2.55. The average Bonchev–Trinajstić information content (AvgIpc) is 2.40. The van der Waals surface area contributed by atoms with Crippen LogP contribution in [0, 0.1) is 0 Å². The van der Waals surface area contributed by atoms with E-state index in [1.54, 1.807) is 6.92 Å². The summed E-state index contributed by atoms with van der Waals surface area (Å²) >= 11 is 0. The molecule has 0 saturated heterocycles. The molecule has 0 aromatic rings. The van der Waals surface area contributed by atoms with Gasteiger partial charge in [0, 0.05) is 5.57 Å². The molecule has 0 spiro atoms. The number of hydrogen-bond donors (Lipinski definition) is 1. The van der Waals surface area contributed by atoms with Crippen molar-refractivity contribution in [2.45, 2.75) is 78.1 Å². The van der Waals surface area contributed by atoms with E-state index in [2.05, 4.69) is 18.9 Å². The van der Waals surface area contributed by atoms with E-state index in [1.807, 2.05) is 14.1 Å². The molecular weight excluding hydrogens is 260 g/mol. The third kappa shape index (κ3) is 12.6. The first-order valence-electron chi connectivity index (χ1n) is 8.70. The second kappa shape index (κ2) is 11.8. The highest BCUT2D eigenvalue weighted by Crippen LogP contribution is 2.11. The topological polar surface area (TPSA) is 29.1 Å². The van der Waals surface area contributed by atoms with Crippen molar-refractivity contribution in [2.75, 3.05) is 20.6 Å². The van der Waals surface area contributed by atoms with Crippen LogP contribution in [0.1, 0.15) is 78.1 Å². The molecule has 0 radical (unpaired) electrons. The number of amides is 1. The zero-order valence-corrected chi connectivity index (χ0v) is 14.8. The van der Waals surface area contributed by atoms with E-state index in [9.17, 15) is 4.79 Å². The van der Waals surface area contributed by atoms with Crippen LogP contribution in [-0.4, -0.2) is 31.1 Å². The van der Waals surface area contributed by atoms with Gasteiger partial charge in [0.15, 0.2) is 0 Å². The van der Waals surface area contributed by atoms with Gasteiger partial charge in [0.2, 0.25) is 0 Å². The SMILES string of the molecule is C=C(C)C(=O)N[N+](C)(C)CCCCCCCCCCCC. The van der Waals surface area contributed by atoms with E-state index in [0.717, 1.165) is 6.54 Å². The molecule has 0 rings (SSSR count). The van der Waals surface area contributed by atoms with Crippen LogP contribution in [-0.2, 0) is 4.79 Å². The molecule has 3 heteroatoms. The molecule has 0 unspecified atom stereocenters. The first-order chi connectivity index (χ1) is 9.89. The van der Waals surface area contributed by atoms with Gasteiger partial charge in [0.25, 0.3) is 5.91 Å². The Morgan fingerprint density at radius 1 is 0.905 bits per heavy atom. The van der Waals surface area contributed by atoms with Gasteiger partial charge in [-0.05, 0) is 19.8 Å². The maximum absolute atomic E-state index is 11.6. The van der Waals surface area contributed by atoms with Gasteiger partial charge in [-0.2, -0.15) is 5.43 Å². The van der Waals surface area contributed by atoms with Crippen molar-refractivity contribution in [3.05, 3.63) is 12.2 Å². The van der Waals surface area contributed by atoms with Crippen molar-refractivity contribution >= 4 is 5.91 Å². The molecule has 1 N–H and O–H groups in total. The Kier molecular flexibility index (Phi) is 11.3. The minimum Gasteiger partial charge on any atom is -0.265 e. The van der Waals surface area contributed by atoms with Crippen LogP contribution in [0.15, 0.2) is 12.2 Å². The minimum absolute atomic E-state index is 0.0490. The van der Waals surface area contributed by atoms with Gasteiger partial charge in [-0.3, -0.25) is 4.79 Å². The molecule has 1 amide bonds. The monoisotopic (exact) mass is 297 g/mol. The van der Waals surface area contributed by atoms with Gasteiger partial charge in [-0.15, -0.1) is 0 Å². The zero-order chi connectivity index (χ0) is 16.1. The van der Waals surface area contributed by atoms with E-state index in [-0.39, 0.29) is 5.91 Å². The van der Waals surface area contributed by atoms with Gasteiger partial charge in [0.05, 0.1) is 14.1 Å². The summed E-state index contributed by atoms with van der Waals surface area (Å²) in [5.41, 5.74) is 3.56. The lowest BCUT2D eigenvalue weighted by atomic mass is 10.1. The van der Waals surface area contributed by atoms with E-state index < -0.39 is 0 Å². The smallest absolute Gasteiger partial charge is 0.265 e. The lowest BCUT2D eigenvalue weighted by Gasteiger charge is -2.29. The summed E-state index contributed by atoms with van der Waals surface area (Å²) in [5, 5.41) is 0. The van der Waals surface area contributed by atoms with Crippen LogP contribution >= 0.6 is 0 Å². The number of quaternary nitrogens is 1. The summed E-state index contributed by atoms with van der Waals surface area (Å²) in [6.45, 7) is 8.66. The molecule has 0 heterocycles. The van der Waals surface area contributed by atoms with Gasteiger partial charge in [-0.1, -0.05) is 64.9 Å². The Labute approximate surface area is 132 Å². The van der Waals surface area contributed by atoms with E-state index >= 15 is 0 Å². The quantitative estimate of drug-likeness (QED) is 0.229. The zero-order valence-electron chi connectivity index (χ0n) is 14.8. The summed E-state index contributed by atoms with van der Waals surface area (Å²) in [6.07, 6.45) is 13.4. The third-order valence-electron chi connectivity index (χ3n) is 3.86. The summed E-state index contributed by atoms with van der Waals surface area (Å²) in [4.78, 5) is 11.6. The van der Waals surface area contributed by atoms with Crippen LogP contribution in [0.25, 0.3) is 0 Å². The van der Waals surface area contributed by atoms with Crippen molar-refractivity contribution in [1.82, 2.24) is 5.43 Å². The molecule has 124 valence electrons. The minimum atomic E-state index is -0.0490. The number of nitrogens with one attached hydrogen (secondary N) is 1. The third-order valence-corrected chi connectivity index (χ3v) is 3.86. The standard InChI is InChI=1S/C18H36N2O/c1-6-7-8-9-10-11-12-13-14-15-16-20(4,5)19-18(21)17(2)3/h2,6-16H2,1,3-5H3/p+1. The van der Waals surface area contributed by atoms with Gasteiger partial charge in [0.1, 0.15) is 6.54 Å². The summed E-state index contributed by atoms with van der Waals surface area (Å²) < 4.78 is 0.544. The van der Waals surface area contributed by atoms with Gasteiger partial charge < -0.3 is 0 Å². The van der Waals surface area contributed by atoms with Crippen LogP contribution in [0.4, 0.5) is 0 Å². The number of carbonyl (C=O) groups excluding carboxylic acids is 1. The fraction of sp³-hybridized carbons (Fsp3) is 0.833. The molecule has 0 saturated carbocycles. The predicted octanol–water partition coefficient (Wildman–Crippen LogP) is 4.59. The van der Waals surface area contributed by atoms with Crippen LogP contribution in [0.3, 0.4) is 0 Å².